The van der Waals surface area contributed by atoms with Gasteiger partial charge in [0.1, 0.15) is 5.78 Å². The molecule has 0 saturated heterocycles. The molecule has 0 aromatic rings. The number of hydrogen-bond donors (Lipinski definition) is 3. The van der Waals surface area contributed by atoms with Crippen LogP contribution in [0.5, 0.6) is 0 Å². The van der Waals surface area contributed by atoms with E-state index in [0.29, 0.717) is 12.3 Å². The number of nitrogens with one attached hydrogen (secondary N) is 1. The predicted octanol–water partition coefficient (Wildman–Crippen LogP) is 0.799. The molecule has 94 valence electrons. The molecule has 0 bridgehead atoms. The molecule has 0 spiro atoms. The van der Waals surface area contributed by atoms with Gasteiger partial charge >= 0.3 is 7.05 Å². The third-order valence-electron chi connectivity index (χ3n) is 2.40. The third-order valence-corrected chi connectivity index (χ3v) is 2.40. The van der Waals surface area contributed by atoms with Gasteiger partial charge in [0.25, 0.3) is 0 Å². The molecule has 0 radical (unpaired) electrons. The summed E-state index contributed by atoms with van der Waals surface area (Å²) in [6, 6.07) is -0.311. The van der Waals surface area contributed by atoms with Crippen LogP contribution in [0.1, 0.15) is 39.5 Å². The number of rotatable bonds is 9. The molecule has 1 atom stereocenters. The van der Waals surface area contributed by atoms with Crippen molar-refractivity contribution >= 4 is 12.8 Å². The smallest absolute Gasteiger partial charge is 0.373 e. The number of ketones is 1. The van der Waals surface area contributed by atoms with Crippen molar-refractivity contribution in [3.63, 3.8) is 0 Å². The Bertz CT molecular complexity index is 198. The summed E-state index contributed by atoms with van der Waals surface area (Å²) < 4.78 is 0. The largest absolute Gasteiger partial charge is 0.437 e. The number of nitrogens with two attached hydrogens (primary N) is 1. The lowest BCUT2D eigenvalue weighted by atomic mass is 9.88. The monoisotopic (exact) mass is 228 g/mol. The van der Waals surface area contributed by atoms with E-state index < -0.39 is 7.05 Å². The highest BCUT2D eigenvalue weighted by molar-refractivity contribution is 6.45. The molecule has 0 amide bonds. The minimum absolute atomic E-state index is 0.165. The number of carbonyl (C=O) groups excluding carboxylic acids is 1. The summed E-state index contributed by atoms with van der Waals surface area (Å²) in [4.78, 5) is 11.5. The second kappa shape index (κ2) is 8.73. The molecule has 0 aliphatic rings. The summed E-state index contributed by atoms with van der Waals surface area (Å²) in [5.41, 5.74) is 5.79. The Morgan fingerprint density at radius 3 is 2.56 bits per heavy atom. The zero-order chi connectivity index (χ0) is 12.6. The van der Waals surface area contributed by atoms with E-state index in [1.165, 1.54) is 0 Å². The molecule has 5 heteroatoms. The fraction of sp³-hybridized carbons (Fsp3) is 0.909. The van der Waals surface area contributed by atoms with Gasteiger partial charge in [0, 0.05) is 6.42 Å². The van der Waals surface area contributed by atoms with Gasteiger partial charge in [-0.1, -0.05) is 20.3 Å². The Hall–Kier alpha value is -0.385. The Kier molecular flexibility index (Phi) is 8.52. The van der Waals surface area contributed by atoms with Crippen molar-refractivity contribution < 1.29 is 9.82 Å². The Labute approximate surface area is 99.1 Å². The SMILES string of the molecule is CB(O)NCCCC[C@H](N)C(=O)CC(C)C. The van der Waals surface area contributed by atoms with Gasteiger partial charge in [-0.15, -0.1) is 0 Å². The predicted molar refractivity (Wildman–Crippen MR) is 68.1 cm³/mol. The van der Waals surface area contributed by atoms with Gasteiger partial charge in [-0.2, -0.15) is 0 Å². The van der Waals surface area contributed by atoms with Gasteiger partial charge in [-0.25, -0.2) is 0 Å². The molecule has 0 aromatic carbocycles. The van der Waals surface area contributed by atoms with E-state index in [4.69, 9.17) is 10.8 Å². The normalized spacial score (nSPS) is 12.9. The lowest BCUT2D eigenvalue weighted by Gasteiger charge is -2.12. The summed E-state index contributed by atoms with van der Waals surface area (Å²) in [6.45, 7) is 6.51. The molecule has 0 aliphatic heterocycles. The Balaban J connectivity index is 3.49. The minimum Gasteiger partial charge on any atom is -0.437 e. The summed E-state index contributed by atoms with van der Waals surface area (Å²) in [7, 11) is -0.462. The molecular formula is C11H25BN2O2. The van der Waals surface area contributed by atoms with E-state index in [0.717, 1.165) is 25.8 Å². The van der Waals surface area contributed by atoms with Crippen LogP contribution in [0.2, 0.25) is 6.82 Å². The van der Waals surface area contributed by atoms with Crippen LogP contribution >= 0.6 is 0 Å². The topological polar surface area (TPSA) is 75.3 Å². The second-order valence-electron chi connectivity index (χ2n) is 4.80. The first kappa shape index (κ1) is 15.6. The van der Waals surface area contributed by atoms with Crippen molar-refractivity contribution in [2.45, 2.75) is 52.4 Å². The summed E-state index contributed by atoms with van der Waals surface area (Å²) >= 11 is 0. The van der Waals surface area contributed by atoms with Gasteiger partial charge in [-0.05, 0) is 32.1 Å². The number of carbonyl (C=O) groups is 1. The lowest BCUT2D eigenvalue weighted by Crippen LogP contribution is -2.33. The molecule has 0 heterocycles. The van der Waals surface area contributed by atoms with Crippen LogP contribution in [-0.4, -0.2) is 30.4 Å². The molecule has 0 aromatic heterocycles. The van der Waals surface area contributed by atoms with Gasteiger partial charge in [0.2, 0.25) is 0 Å². The Morgan fingerprint density at radius 1 is 1.44 bits per heavy atom. The fourth-order valence-corrected chi connectivity index (χ4v) is 1.51. The van der Waals surface area contributed by atoms with Crippen LogP contribution in [0.4, 0.5) is 0 Å². The van der Waals surface area contributed by atoms with E-state index in [-0.39, 0.29) is 11.8 Å². The maximum Gasteiger partial charge on any atom is 0.373 e. The maximum atomic E-state index is 11.5. The van der Waals surface area contributed by atoms with E-state index in [1.807, 2.05) is 13.8 Å². The average molecular weight is 228 g/mol. The molecular weight excluding hydrogens is 203 g/mol. The highest BCUT2D eigenvalue weighted by Gasteiger charge is 2.14. The standard InChI is InChI=1S/C11H25BN2O2/c1-9(2)8-11(15)10(13)6-4-5-7-14-12(3)16/h9-10,14,16H,4-8,13H2,1-3H3/t10-/m0/s1. The van der Waals surface area contributed by atoms with Crippen LogP contribution < -0.4 is 11.0 Å². The molecule has 0 rings (SSSR count). The second-order valence-corrected chi connectivity index (χ2v) is 4.80. The first-order valence-corrected chi connectivity index (χ1v) is 6.13. The van der Waals surface area contributed by atoms with Crippen LogP contribution in [-0.2, 0) is 4.79 Å². The number of hydrogen-bond acceptors (Lipinski definition) is 4. The quantitative estimate of drug-likeness (QED) is 0.403. The number of Topliss-reactive ketones (excluding diaryl/α,β-unsaturated/α-hetero) is 1. The zero-order valence-corrected chi connectivity index (χ0v) is 10.7. The lowest BCUT2D eigenvalue weighted by molar-refractivity contribution is -0.121. The van der Waals surface area contributed by atoms with Crippen molar-refractivity contribution in [3.8, 4) is 0 Å². The Morgan fingerprint density at radius 2 is 2.06 bits per heavy atom. The van der Waals surface area contributed by atoms with Gasteiger partial charge < -0.3 is 16.0 Å². The van der Waals surface area contributed by atoms with Crippen LogP contribution in [0.25, 0.3) is 0 Å². The number of unbranched alkanes of at least 4 members (excludes halogenated alkanes) is 1. The van der Waals surface area contributed by atoms with Crippen molar-refractivity contribution in [2.24, 2.45) is 11.7 Å². The maximum absolute atomic E-state index is 11.5. The molecule has 0 aliphatic carbocycles. The molecule has 4 N–H and O–H groups in total. The van der Waals surface area contributed by atoms with E-state index in [2.05, 4.69) is 5.23 Å². The summed E-state index contributed by atoms with van der Waals surface area (Å²) in [5, 5.41) is 11.9. The van der Waals surface area contributed by atoms with E-state index >= 15 is 0 Å². The van der Waals surface area contributed by atoms with Gasteiger partial charge in [0.15, 0.2) is 0 Å². The molecule has 16 heavy (non-hydrogen) atoms. The van der Waals surface area contributed by atoms with Crippen LogP contribution in [0.3, 0.4) is 0 Å². The van der Waals surface area contributed by atoms with Crippen molar-refractivity contribution in [1.82, 2.24) is 5.23 Å². The highest BCUT2D eigenvalue weighted by Crippen LogP contribution is 2.06. The molecule has 0 unspecified atom stereocenters. The van der Waals surface area contributed by atoms with E-state index in [9.17, 15) is 4.79 Å². The zero-order valence-electron chi connectivity index (χ0n) is 10.7. The molecule has 0 fully saturated rings. The first-order valence-electron chi connectivity index (χ1n) is 6.13. The third kappa shape index (κ3) is 8.89. The van der Waals surface area contributed by atoms with Crippen LogP contribution in [0.15, 0.2) is 0 Å². The van der Waals surface area contributed by atoms with E-state index in [1.54, 1.807) is 6.82 Å². The first-order chi connectivity index (χ1) is 7.43. The van der Waals surface area contributed by atoms with Crippen molar-refractivity contribution in [1.29, 1.82) is 0 Å². The minimum atomic E-state index is -0.462. The fourth-order valence-electron chi connectivity index (χ4n) is 1.51. The van der Waals surface area contributed by atoms with Crippen LogP contribution in [0, 0.1) is 5.92 Å². The van der Waals surface area contributed by atoms with Crippen molar-refractivity contribution in [3.05, 3.63) is 0 Å². The van der Waals surface area contributed by atoms with Gasteiger partial charge in [0.05, 0.1) is 6.04 Å². The van der Waals surface area contributed by atoms with Gasteiger partial charge in [-0.3, -0.25) is 4.79 Å². The molecule has 4 nitrogen and oxygen atoms in total. The van der Waals surface area contributed by atoms with Crippen molar-refractivity contribution in [2.75, 3.05) is 6.54 Å². The average Bonchev–Trinajstić information content (AvgIpc) is 2.15. The summed E-state index contributed by atoms with van der Waals surface area (Å²) in [5.74, 6) is 0.550. The highest BCUT2D eigenvalue weighted by atomic mass is 16.2. The summed E-state index contributed by atoms with van der Waals surface area (Å²) in [6.07, 6.45) is 3.18. The molecule has 0 saturated carbocycles.